The van der Waals surface area contributed by atoms with E-state index in [2.05, 4.69) is 5.32 Å². The van der Waals surface area contributed by atoms with E-state index in [-0.39, 0.29) is 23.4 Å². The molecule has 0 bridgehead atoms. The molecule has 2 aromatic rings. The van der Waals surface area contributed by atoms with Gasteiger partial charge in [-0.15, -0.1) is 0 Å². The summed E-state index contributed by atoms with van der Waals surface area (Å²) in [7, 11) is -2.12. The van der Waals surface area contributed by atoms with Gasteiger partial charge in [-0.25, -0.2) is 8.42 Å². The summed E-state index contributed by atoms with van der Waals surface area (Å²) >= 11 is 0. The Morgan fingerprint density at radius 3 is 2.46 bits per heavy atom. The van der Waals surface area contributed by atoms with Crippen LogP contribution in [0.5, 0.6) is 0 Å². The number of hydrogen-bond acceptors (Lipinski definition) is 3. The first-order chi connectivity index (χ1) is 12.5. The van der Waals surface area contributed by atoms with E-state index in [4.69, 9.17) is 0 Å². The lowest BCUT2D eigenvalue weighted by atomic mass is 10.2. The van der Waals surface area contributed by atoms with Gasteiger partial charge in [-0.05, 0) is 36.6 Å². The molecule has 26 heavy (non-hydrogen) atoms. The molecule has 1 amide bonds. The number of nitrogens with zero attached hydrogens (tertiary/aromatic N) is 1. The molecule has 0 radical (unpaired) electrons. The number of rotatable bonds is 6. The molecule has 138 valence electrons. The first kappa shape index (κ1) is 18.6. The average molecular weight is 372 g/mol. The molecule has 1 aliphatic rings. The van der Waals surface area contributed by atoms with Crippen LogP contribution in [0.2, 0.25) is 0 Å². The van der Waals surface area contributed by atoms with Crippen molar-refractivity contribution in [1.82, 2.24) is 9.62 Å². The topological polar surface area (TPSA) is 66.5 Å². The van der Waals surface area contributed by atoms with Crippen molar-refractivity contribution in [3.63, 3.8) is 0 Å². The van der Waals surface area contributed by atoms with E-state index < -0.39 is 10.0 Å². The fourth-order valence-electron chi connectivity index (χ4n) is 3.24. The molecule has 3 rings (SSSR count). The maximum atomic E-state index is 12.9. The number of nitrogens with one attached hydrogen (secondary N) is 1. The summed E-state index contributed by atoms with van der Waals surface area (Å²) in [4.78, 5) is 12.6. The number of carbonyl (C=O) groups excluding carboxylic acids is 1. The normalized spacial score (nSPS) is 15.3. The Morgan fingerprint density at radius 2 is 1.77 bits per heavy atom. The molecule has 0 atom stereocenters. The van der Waals surface area contributed by atoms with Crippen LogP contribution < -0.4 is 5.32 Å². The van der Waals surface area contributed by atoms with Gasteiger partial charge in [0.2, 0.25) is 10.0 Å². The summed E-state index contributed by atoms with van der Waals surface area (Å²) in [6.07, 6.45) is 4.24. The molecule has 0 unspecified atom stereocenters. The maximum Gasteiger partial charge on any atom is 0.251 e. The molecular weight excluding hydrogens is 348 g/mol. The molecule has 0 heterocycles. The summed E-state index contributed by atoms with van der Waals surface area (Å²) < 4.78 is 27.0. The highest BCUT2D eigenvalue weighted by molar-refractivity contribution is 7.89. The van der Waals surface area contributed by atoms with Crippen molar-refractivity contribution in [2.24, 2.45) is 0 Å². The quantitative estimate of drug-likeness (QED) is 0.847. The monoisotopic (exact) mass is 372 g/mol. The van der Waals surface area contributed by atoms with E-state index in [9.17, 15) is 13.2 Å². The second-order valence-corrected chi connectivity index (χ2v) is 8.77. The van der Waals surface area contributed by atoms with Crippen molar-refractivity contribution in [2.75, 3.05) is 7.05 Å². The Labute approximate surface area is 155 Å². The maximum absolute atomic E-state index is 12.9. The number of hydrogen-bond donors (Lipinski definition) is 1. The van der Waals surface area contributed by atoms with Crippen molar-refractivity contribution in [1.29, 1.82) is 0 Å². The van der Waals surface area contributed by atoms with Gasteiger partial charge in [0.15, 0.2) is 0 Å². The lowest BCUT2D eigenvalue weighted by Gasteiger charge is -2.18. The molecule has 5 nitrogen and oxygen atoms in total. The van der Waals surface area contributed by atoms with Crippen molar-refractivity contribution in [2.45, 2.75) is 43.2 Å². The minimum atomic E-state index is -3.67. The molecule has 0 spiro atoms. The highest BCUT2D eigenvalue weighted by Crippen LogP contribution is 2.20. The van der Waals surface area contributed by atoms with Gasteiger partial charge in [0, 0.05) is 25.2 Å². The van der Waals surface area contributed by atoms with E-state index >= 15 is 0 Å². The number of amides is 1. The second kappa shape index (κ2) is 8.01. The van der Waals surface area contributed by atoms with Crippen molar-refractivity contribution in [3.8, 4) is 0 Å². The van der Waals surface area contributed by atoms with E-state index in [1.54, 1.807) is 19.2 Å². The molecular formula is C20H24N2O3S. The van der Waals surface area contributed by atoms with E-state index in [1.165, 1.54) is 16.4 Å². The fourth-order valence-corrected chi connectivity index (χ4v) is 4.45. The summed E-state index contributed by atoms with van der Waals surface area (Å²) in [5, 5.41) is 3.00. The minimum absolute atomic E-state index is 0.134. The minimum Gasteiger partial charge on any atom is -0.349 e. The van der Waals surface area contributed by atoms with Crippen LogP contribution >= 0.6 is 0 Å². The third-order valence-electron chi connectivity index (χ3n) is 4.74. The van der Waals surface area contributed by atoms with Gasteiger partial charge in [-0.2, -0.15) is 4.31 Å². The highest BCUT2D eigenvalue weighted by atomic mass is 32.2. The van der Waals surface area contributed by atoms with Crippen LogP contribution in [0.4, 0.5) is 0 Å². The first-order valence-corrected chi connectivity index (χ1v) is 10.3. The van der Waals surface area contributed by atoms with Gasteiger partial charge in [0.25, 0.3) is 5.91 Å². The third-order valence-corrected chi connectivity index (χ3v) is 6.54. The molecule has 1 N–H and O–H groups in total. The second-order valence-electron chi connectivity index (χ2n) is 6.73. The van der Waals surface area contributed by atoms with Gasteiger partial charge in [0.1, 0.15) is 0 Å². The van der Waals surface area contributed by atoms with Crippen molar-refractivity contribution < 1.29 is 13.2 Å². The van der Waals surface area contributed by atoms with Crippen LogP contribution in [0, 0.1) is 0 Å². The number of sulfonamides is 1. The summed E-state index contributed by atoms with van der Waals surface area (Å²) in [6.45, 7) is 0.279. The number of carbonyl (C=O) groups is 1. The van der Waals surface area contributed by atoms with Gasteiger partial charge < -0.3 is 5.32 Å². The molecule has 6 heteroatoms. The van der Waals surface area contributed by atoms with Crippen LogP contribution in [0.15, 0.2) is 59.5 Å². The summed E-state index contributed by atoms with van der Waals surface area (Å²) in [6, 6.07) is 15.9. The Morgan fingerprint density at radius 1 is 1.08 bits per heavy atom. The molecule has 0 aliphatic heterocycles. The Bertz CT molecular complexity index is 860. The Kier molecular flexibility index (Phi) is 5.74. The Balaban J connectivity index is 1.76. The lowest BCUT2D eigenvalue weighted by molar-refractivity contribution is 0.0937. The average Bonchev–Trinajstić information content (AvgIpc) is 3.15. The van der Waals surface area contributed by atoms with E-state index in [0.29, 0.717) is 5.56 Å². The van der Waals surface area contributed by atoms with Gasteiger partial charge in [-0.1, -0.05) is 49.2 Å². The van der Waals surface area contributed by atoms with Crippen LogP contribution in [0.1, 0.15) is 41.6 Å². The highest BCUT2D eigenvalue weighted by Gasteiger charge is 2.23. The zero-order valence-corrected chi connectivity index (χ0v) is 15.7. The molecule has 1 saturated carbocycles. The molecule has 2 aromatic carbocycles. The zero-order valence-electron chi connectivity index (χ0n) is 14.9. The molecule has 1 fully saturated rings. The molecule has 0 aromatic heterocycles. The predicted octanol–water partition coefficient (Wildman–Crippen LogP) is 3.18. The van der Waals surface area contributed by atoms with Gasteiger partial charge >= 0.3 is 0 Å². The van der Waals surface area contributed by atoms with Crippen LogP contribution in [0.25, 0.3) is 0 Å². The summed E-state index contributed by atoms with van der Waals surface area (Å²) in [5.41, 5.74) is 1.29. The largest absolute Gasteiger partial charge is 0.349 e. The third kappa shape index (κ3) is 4.31. The standard InChI is InChI=1S/C20H24N2O3S/c1-22(15-16-8-3-2-4-9-16)26(24,25)19-13-7-10-17(14-19)20(23)21-18-11-5-6-12-18/h2-4,7-10,13-14,18H,5-6,11-12,15H2,1H3,(H,21,23). The van der Waals surface area contributed by atoms with Gasteiger partial charge in [0.05, 0.1) is 4.90 Å². The van der Waals surface area contributed by atoms with Crippen molar-refractivity contribution >= 4 is 15.9 Å². The fraction of sp³-hybridized carbons (Fsp3) is 0.350. The van der Waals surface area contributed by atoms with Crippen LogP contribution in [-0.2, 0) is 16.6 Å². The smallest absolute Gasteiger partial charge is 0.251 e. The molecule has 0 saturated heterocycles. The van der Waals surface area contributed by atoms with Crippen LogP contribution in [-0.4, -0.2) is 31.7 Å². The van der Waals surface area contributed by atoms with Crippen LogP contribution in [0.3, 0.4) is 0 Å². The summed E-state index contributed by atoms with van der Waals surface area (Å²) in [5.74, 6) is -0.209. The lowest BCUT2D eigenvalue weighted by Crippen LogP contribution is -2.33. The molecule has 1 aliphatic carbocycles. The SMILES string of the molecule is CN(Cc1ccccc1)S(=O)(=O)c1cccc(C(=O)NC2CCCC2)c1. The van der Waals surface area contributed by atoms with E-state index in [1.807, 2.05) is 30.3 Å². The van der Waals surface area contributed by atoms with Gasteiger partial charge in [-0.3, -0.25) is 4.79 Å². The number of benzene rings is 2. The Hall–Kier alpha value is -2.18. The first-order valence-electron chi connectivity index (χ1n) is 8.88. The van der Waals surface area contributed by atoms with E-state index in [0.717, 1.165) is 31.2 Å². The van der Waals surface area contributed by atoms with Crippen molar-refractivity contribution in [3.05, 3.63) is 65.7 Å². The predicted molar refractivity (Wildman–Crippen MR) is 101 cm³/mol. The zero-order chi connectivity index (χ0) is 18.6.